The second-order valence-electron chi connectivity index (χ2n) is 4.32. The lowest BCUT2D eigenvalue weighted by Crippen LogP contribution is -2.13. The van der Waals surface area contributed by atoms with Crippen LogP contribution in [0.15, 0.2) is 51.8 Å². The molecule has 2 rings (SSSR count). The number of sulfonamides is 1. The number of aryl methyl sites for hydroxylation is 1. The first-order valence-electron chi connectivity index (χ1n) is 5.83. The van der Waals surface area contributed by atoms with Gasteiger partial charge in [-0.2, -0.15) is 0 Å². The fourth-order valence-corrected chi connectivity index (χ4v) is 3.30. The van der Waals surface area contributed by atoms with Crippen molar-refractivity contribution in [3.63, 3.8) is 0 Å². The van der Waals surface area contributed by atoms with Gasteiger partial charge >= 0.3 is 0 Å². The van der Waals surface area contributed by atoms with Gasteiger partial charge in [0.1, 0.15) is 0 Å². The Balaban J connectivity index is 2.31. The van der Waals surface area contributed by atoms with Gasteiger partial charge in [0.2, 0.25) is 0 Å². The zero-order chi connectivity index (χ0) is 15.6. The van der Waals surface area contributed by atoms with Crippen molar-refractivity contribution in [2.24, 2.45) is 0 Å². The van der Waals surface area contributed by atoms with Gasteiger partial charge in [-0.25, -0.2) is 8.42 Å². The molecule has 0 saturated heterocycles. The third-order valence-corrected chi connectivity index (χ3v) is 4.67. The van der Waals surface area contributed by atoms with Crippen LogP contribution in [0.5, 0.6) is 0 Å². The van der Waals surface area contributed by atoms with E-state index in [4.69, 9.17) is 0 Å². The molecule has 0 aliphatic carbocycles. The van der Waals surface area contributed by atoms with E-state index in [0.717, 1.165) is 22.2 Å². The van der Waals surface area contributed by atoms with E-state index in [2.05, 4.69) is 20.7 Å². The van der Waals surface area contributed by atoms with Crippen LogP contribution in [-0.2, 0) is 10.0 Å². The Labute approximate surface area is 130 Å². The summed E-state index contributed by atoms with van der Waals surface area (Å²) in [5.41, 5.74) is 1.06. The third-order valence-electron chi connectivity index (χ3n) is 2.79. The van der Waals surface area contributed by atoms with Crippen LogP contribution in [-0.4, -0.2) is 13.3 Å². The van der Waals surface area contributed by atoms with Gasteiger partial charge in [0.25, 0.3) is 15.7 Å². The van der Waals surface area contributed by atoms with Gasteiger partial charge in [0.05, 0.1) is 15.5 Å². The van der Waals surface area contributed by atoms with Crippen molar-refractivity contribution in [2.45, 2.75) is 11.8 Å². The fraction of sp³-hybridized carbons (Fsp3) is 0.0769. The number of hydrogen-bond donors (Lipinski definition) is 1. The molecule has 0 atom stereocenters. The normalized spacial score (nSPS) is 11.1. The first kappa shape index (κ1) is 15.5. The lowest BCUT2D eigenvalue weighted by Gasteiger charge is -2.10. The van der Waals surface area contributed by atoms with Gasteiger partial charge in [0, 0.05) is 16.6 Å². The molecule has 0 aromatic heterocycles. The zero-order valence-electron chi connectivity index (χ0n) is 10.9. The van der Waals surface area contributed by atoms with E-state index in [1.807, 2.05) is 0 Å². The largest absolute Gasteiger partial charge is 0.279 e. The average molecular weight is 371 g/mol. The summed E-state index contributed by atoms with van der Waals surface area (Å²) in [7, 11) is -3.78. The first-order chi connectivity index (χ1) is 9.79. The number of nitro benzene ring substituents is 1. The van der Waals surface area contributed by atoms with Gasteiger partial charge in [-0.15, -0.1) is 0 Å². The van der Waals surface area contributed by atoms with Crippen molar-refractivity contribution in [3.8, 4) is 0 Å². The van der Waals surface area contributed by atoms with Crippen LogP contribution in [0.4, 0.5) is 11.4 Å². The van der Waals surface area contributed by atoms with Crippen LogP contribution >= 0.6 is 15.9 Å². The summed E-state index contributed by atoms with van der Waals surface area (Å²) in [5.74, 6) is 0. The molecule has 0 aliphatic rings. The Morgan fingerprint density at radius 2 is 1.76 bits per heavy atom. The number of nitro groups is 1. The first-order valence-corrected chi connectivity index (χ1v) is 8.10. The Bertz CT molecular complexity index is 788. The summed E-state index contributed by atoms with van der Waals surface area (Å²) in [5, 5.41) is 10.6. The monoisotopic (exact) mass is 370 g/mol. The smallest absolute Gasteiger partial charge is 0.269 e. The molecule has 6 nitrogen and oxygen atoms in total. The maximum Gasteiger partial charge on any atom is 0.269 e. The van der Waals surface area contributed by atoms with E-state index in [0.29, 0.717) is 5.69 Å². The van der Waals surface area contributed by atoms with Crippen molar-refractivity contribution in [3.05, 3.63) is 62.6 Å². The molecule has 0 heterocycles. The van der Waals surface area contributed by atoms with E-state index < -0.39 is 14.9 Å². The minimum atomic E-state index is -3.78. The Morgan fingerprint density at radius 3 is 2.29 bits per heavy atom. The molecule has 2 aromatic carbocycles. The van der Waals surface area contributed by atoms with Gasteiger partial charge in [0.15, 0.2) is 0 Å². The average Bonchev–Trinajstić information content (AvgIpc) is 2.42. The predicted molar refractivity (Wildman–Crippen MR) is 82.8 cm³/mol. The molecule has 0 amide bonds. The Morgan fingerprint density at radius 1 is 1.14 bits per heavy atom. The molecular formula is C13H11BrN2O4S. The molecule has 0 bridgehead atoms. The van der Waals surface area contributed by atoms with Gasteiger partial charge in [-0.05, 0) is 42.8 Å². The Hall–Kier alpha value is -1.93. The van der Waals surface area contributed by atoms with E-state index in [1.165, 1.54) is 12.1 Å². The lowest BCUT2D eigenvalue weighted by atomic mass is 10.2. The maximum absolute atomic E-state index is 12.2. The highest BCUT2D eigenvalue weighted by molar-refractivity contribution is 9.10. The second-order valence-corrected chi connectivity index (χ2v) is 6.91. The van der Waals surface area contributed by atoms with E-state index in [9.17, 15) is 18.5 Å². The highest BCUT2D eigenvalue weighted by Gasteiger charge is 2.16. The number of rotatable bonds is 4. The third kappa shape index (κ3) is 3.59. The summed E-state index contributed by atoms with van der Waals surface area (Å²) in [6.07, 6.45) is 0. The van der Waals surface area contributed by atoms with Gasteiger partial charge in [-0.1, -0.05) is 15.9 Å². The molecule has 0 radical (unpaired) electrons. The number of anilines is 1. The maximum atomic E-state index is 12.2. The molecule has 0 aliphatic heterocycles. The lowest BCUT2D eigenvalue weighted by molar-refractivity contribution is -0.384. The highest BCUT2D eigenvalue weighted by atomic mass is 79.9. The predicted octanol–water partition coefficient (Wildman–Crippen LogP) is 3.47. The van der Waals surface area contributed by atoms with E-state index >= 15 is 0 Å². The van der Waals surface area contributed by atoms with Crippen molar-refractivity contribution < 1.29 is 13.3 Å². The summed E-state index contributed by atoms with van der Waals surface area (Å²) in [6, 6.07) is 9.87. The quantitative estimate of drug-likeness (QED) is 0.658. The number of benzene rings is 2. The molecule has 110 valence electrons. The van der Waals surface area contributed by atoms with E-state index in [-0.39, 0.29) is 10.6 Å². The molecule has 0 saturated carbocycles. The minimum absolute atomic E-state index is 0.0320. The number of hydrogen-bond acceptors (Lipinski definition) is 4. The van der Waals surface area contributed by atoms with Gasteiger partial charge in [-0.3, -0.25) is 14.8 Å². The summed E-state index contributed by atoms with van der Waals surface area (Å²) >= 11 is 3.30. The number of non-ortho nitro benzene ring substituents is 1. The standard InChI is InChI=1S/C13H11BrN2O4S/c1-9-8-10(14)2-7-13(9)15-21(19,20)12-5-3-11(4-6-12)16(17)18/h2-8,15H,1H3. The van der Waals surface area contributed by atoms with Crippen LogP contribution in [0.1, 0.15) is 5.56 Å². The summed E-state index contributed by atoms with van der Waals surface area (Å²) in [4.78, 5) is 9.95. The molecule has 0 unspecified atom stereocenters. The highest BCUT2D eigenvalue weighted by Crippen LogP contribution is 2.24. The summed E-state index contributed by atoms with van der Waals surface area (Å²) < 4.78 is 27.8. The van der Waals surface area contributed by atoms with Crippen molar-refractivity contribution in [1.82, 2.24) is 0 Å². The molecule has 1 N–H and O–H groups in total. The molecule has 8 heteroatoms. The van der Waals surface area contributed by atoms with Crippen LogP contribution in [0.2, 0.25) is 0 Å². The second kappa shape index (κ2) is 5.82. The minimum Gasteiger partial charge on any atom is -0.279 e. The SMILES string of the molecule is Cc1cc(Br)ccc1NS(=O)(=O)c1ccc([N+](=O)[O-])cc1. The molecular weight excluding hydrogens is 360 g/mol. The number of halogens is 1. The topological polar surface area (TPSA) is 89.3 Å². The van der Waals surface area contributed by atoms with Crippen LogP contribution in [0, 0.1) is 17.0 Å². The molecule has 2 aromatic rings. The molecule has 21 heavy (non-hydrogen) atoms. The van der Waals surface area contributed by atoms with Crippen LogP contribution in [0.25, 0.3) is 0 Å². The van der Waals surface area contributed by atoms with Crippen molar-refractivity contribution >= 4 is 37.3 Å². The summed E-state index contributed by atoms with van der Waals surface area (Å²) in [6.45, 7) is 1.78. The van der Waals surface area contributed by atoms with Crippen molar-refractivity contribution in [2.75, 3.05) is 4.72 Å². The van der Waals surface area contributed by atoms with Gasteiger partial charge < -0.3 is 0 Å². The fourth-order valence-electron chi connectivity index (χ4n) is 1.69. The molecule has 0 spiro atoms. The zero-order valence-corrected chi connectivity index (χ0v) is 13.3. The number of nitrogens with zero attached hydrogens (tertiary/aromatic N) is 1. The van der Waals surface area contributed by atoms with E-state index in [1.54, 1.807) is 25.1 Å². The Kier molecular flexibility index (Phi) is 4.29. The van der Waals surface area contributed by atoms with Crippen molar-refractivity contribution in [1.29, 1.82) is 0 Å². The van der Waals surface area contributed by atoms with Crippen LogP contribution in [0.3, 0.4) is 0 Å². The molecule has 0 fully saturated rings. The number of nitrogens with one attached hydrogen (secondary N) is 1. The van der Waals surface area contributed by atoms with Crippen LogP contribution < -0.4 is 4.72 Å².